The molecular formula is C18H28F2IN5O. The minimum Gasteiger partial charge on any atom is -0.369 e. The molecule has 0 radical (unpaired) electrons. The third-order valence-corrected chi connectivity index (χ3v) is 4.60. The van der Waals surface area contributed by atoms with Crippen molar-refractivity contribution in [2.75, 3.05) is 33.2 Å². The van der Waals surface area contributed by atoms with Gasteiger partial charge in [-0.1, -0.05) is 13.0 Å². The molecule has 1 heterocycles. The number of likely N-dealkylation sites (tertiary alicyclic amines) is 1. The highest BCUT2D eigenvalue weighted by molar-refractivity contribution is 14.0. The van der Waals surface area contributed by atoms with Crippen LogP contribution in [0.25, 0.3) is 0 Å². The minimum absolute atomic E-state index is 0. The number of nitrogens with zero attached hydrogens (tertiary/aromatic N) is 2. The van der Waals surface area contributed by atoms with Crippen LogP contribution in [0, 0.1) is 11.6 Å². The van der Waals surface area contributed by atoms with E-state index in [1.807, 2.05) is 11.8 Å². The number of nitrogens with two attached hydrogens (primary N) is 1. The molecule has 0 bridgehead atoms. The van der Waals surface area contributed by atoms with E-state index >= 15 is 0 Å². The van der Waals surface area contributed by atoms with Gasteiger partial charge in [-0.05, 0) is 24.5 Å². The number of benzene rings is 1. The van der Waals surface area contributed by atoms with E-state index in [1.165, 1.54) is 12.1 Å². The summed E-state index contributed by atoms with van der Waals surface area (Å²) in [6.07, 6.45) is 1.77. The van der Waals surface area contributed by atoms with E-state index < -0.39 is 11.6 Å². The van der Waals surface area contributed by atoms with E-state index in [0.29, 0.717) is 24.6 Å². The number of carbonyl (C=O) groups excluding carboxylic acids is 1. The van der Waals surface area contributed by atoms with Crippen molar-refractivity contribution >= 4 is 35.8 Å². The van der Waals surface area contributed by atoms with Crippen LogP contribution < -0.4 is 16.4 Å². The third-order valence-electron chi connectivity index (χ3n) is 4.60. The fourth-order valence-electron chi connectivity index (χ4n) is 3.10. The lowest BCUT2D eigenvalue weighted by atomic mass is 10.0. The van der Waals surface area contributed by atoms with Crippen LogP contribution in [0.3, 0.4) is 0 Å². The predicted octanol–water partition coefficient (Wildman–Crippen LogP) is 1.80. The van der Waals surface area contributed by atoms with Gasteiger partial charge in [0, 0.05) is 44.7 Å². The Morgan fingerprint density at radius 1 is 1.37 bits per heavy atom. The van der Waals surface area contributed by atoms with Crippen LogP contribution in [-0.2, 0) is 4.79 Å². The number of hydrogen-bond acceptors (Lipinski definition) is 3. The summed E-state index contributed by atoms with van der Waals surface area (Å²) in [6, 6.07) is 3.89. The van der Waals surface area contributed by atoms with Gasteiger partial charge >= 0.3 is 0 Å². The predicted molar refractivity (Wildman–Crippen MR) is 113 cm³/mol. The lowest BCUT2D eigenvalue weighted by Gasteiger charge is -2.32. The summed E-state index contributed by atoms with van der Waals surface area (Å²) in [4.78, 5) is 17.2. The number of rotatable bonds is 6. The molecule has 152 valence electrons. The number of hydrogen-bond donors (Lipinski definition) is 3. The van der Waals surface area contributed by atoms with Crippen LogP contribution in [0.2, 0.25) is 0 Å². The molecule has 1 aromatic carbocycles. The summed E-state index contributed by atoms with van der Waals surface area (Å²) in [5.41, 5.74) is 5.69. The smallest absolute Gasteiger partial charge is 0.231 e. The molecule has 1 amide bonds. The Balaban J connectivity index is 0.00000364. The van der Waals surface area contributed by atoms with Gasteiger partial charge in [-0.15, -0.1) is 24.0 Å². The Morgan fingerprint density at radius 2 is 2.04 bits per heavy atom. The molecule has 27 heavy (non-hydrogen) atoms. The summed E-state index contributed by atoms with van der Waals surface area (Å²) in [5.74, 6) is -0.911. The second-order valence-corrected chi connectivity index (χ2v) is 6.68. The van der Waals surface area contributed by atoms with Gasteiger partial charge < -0.3 is 16.4 Å². The molecule has 6 nitrogen and oxygen atoms in total. The third kappa shape index (κ3) is 7.57. The number of primary amides is 1. The highest BCUT2D eigenvalue weighted by atomic mass is 127. The fraction of sp³-hybridized carbons (Fsp3) is 0.556. The van der Waals surface area contributed by atoms with Crippen LogP contribution in [0.15, 0.2) is 23.2 Å². The average Bonchev–Trinajstić information content (AvgIpc) is 2.59. The highest BCUT2D eigenvalue weighted by Crippen LogP contribution is 2.19. The van der Waals surface area contributed by atoms with Crippen molar-refractivity contribution in [3.8, 4) is 0 Å². The molecule has 1 aliphatic heterocycles. The molecule has 0 saturated carbocycles. The lowest BCUT2D eigenvalue weighted by molar-refractivity contribution is -0.119. The maximum atomic E-state index is 13.9. The van der Waals surface area contributed by atoms with Crippen molar-refractivity contribution < 1.29 is 13.6 Å². The minimum atomic E-state index is -0.577. The van der Waals surface area contributed by atoms with Crippen molar-refractivity contribution in [2.24, 2.45) is 10.7 Å². The number of aliphatic imine (C=N–C) groups is 1. The Labute approximate surface area is 176 Å². The van der Waals surface area contributed by atoms with Crippen molar-refractivity contribution in [1.82, 2.24) is 15.5 Å². The number of halogens is 3. The topological polar surface area (TPSA) is 82.8 Å². The molecule has 0 spiro atoms. The van der Waals surface area contributed by atoms with Gasteiger partial charge in [0.05, 0.1) is 6.54 Å². The summed E-state index contributed by atoms with van der Waals surface area (Å²) < 4.78 is 26.9. The van der Waals surface area contributed by atoms with Crippen LogP contribution in [-0.4, -0.2) is 56.0 Å². The number of guanidine groups is 1. The zero-order valence-electron chi connectivity index (χ0n) is 15.7. The van der Waals surface area contributed by atoms with Crippen molar-refractivity contribution in [2.45, 2.75) is 31.7 Å². The van der Waals surface area contributed by atoms with Crippen molar-refractivity contribution in [1.29, 1.82) is 0 Å². The van der Waals surface area contributed by atoms with Crippen LogP contribution in [0.4, 0.5) is 8.78 Å². The van der Waals surface area contributed by atoms with Crippen LogP contribution in [0.5, 0.6) is 0 Å². The molecule has 0 aliphatic carbocycles. The zero-order valence-corrected chi connectivity index (χ0v) is 18.0. The van der Waals surface area contributed by atoms with Gasteiger partial charge in [0.25, 0.3) is 0 Å². The maximum absolute atomic E-state index is 13.9. The summed E-state index contributed by atoms with van der Waals surface area (Å²) in [7, 11) is 1.68. The molecule has 1 saturated heterocycles. The summed E-state index contributed by atoms with van der Waals surface area (Å²) in [5, 5.41) is 6.54. The quantitative estimate of drug-likeness (QED) is 0.320. The first-order chi connectivity index (χ1) is 12.4. The molecule has 1 aliphatic rings. The molecule has 1 fully saturated rings. The number of amides is 1. The first-order valence-corrected chi connectivity index (χ1v) is 8.81. The lowest BCUT2D eigenvalue weighted by Crippen LogP contribution is -2.50. The van der Waals surface area contributed by atoms with E-state index in [9.17, 15) is 13.6 Å². The van der Waals surface area contributed by atoms with Crippen LogP contribution in [0.1, 0.15) is 31.2 Å². The summed E-state index contributed by atoms with van der Waals surface area (Å²) >= 11 is 0. The van der Waals surface area contributed by atoms with Crippen LogP contribution >= 0.6 is 24.0 Å². The molecule has 1 aromatic rings. The molecule has 0 aromatic heterocycles. The first-order valence-electron chi connectivity index (χ1n) is 8.81. The maximum Gasteiger partial charge on any atom is 0.231 e. The molecule has 9 heteroatoms. The first kappa shape index (κ1) is 23.5. The molecule has 1 atom stereocenters. The van der Waals surface area contributed by atoms with Gasteiger partial charge in [0.1, 0.15) is 11.6 Å². The Hall–Kier alpha value is -1.49. The monoisotopic (exact) mass is 495 g/mol. The molecule has 1 unspecified atom stereocenters. The van der Waals surface area contributed by atoms with Gasteiger partial charge in [-0.2, -0.15) is 0 Å². The Kier molecular flexibility index (Phi) is 9.92. The average molecular weight is 495 g/mol. The number of nitrogens with one attached hydrogen (secondary N) is 2. The van der Waals surface area contributed by atoms with Gasteiger partial charge in [0.15, 0.2) is 5.96 Å². The largest absolute Gasteiger partial charge is 0.369 e. The SMILES string of the molecule is CN=C(NCC(C)c1ccc(F)cc1F)NC1CCN(CC(N)=O)CC1.I. The number of carbonyl (C=O) groups is 1. The van der Waals surface area contributed by atoms with Gasteiger partial charge in [0.2, 0.25) is 5.91 Å². The standard InChI is InChI=1S/C18H27F2N5O.HI/c1-12(15-4-3-13(19)9-16(15)20)10-23-18(22-2)24-14-5-7-25(8-6-14)11-17(21)26;/h3-4,9,12,14H,5-8,10-11H2,1-2H3,(H2,21,26)(H2,22,23,24);1H. The highest BCUT2D eigenvalue weighted by Gasteiger charge is 2.21. The number of piperidine rings is 1. The zero-order chi connectivity index (χ0) is 19.1. The summed E-state index contributed by atoms with van der Waals surface area (Å²) in [6.45, 7) is 4.24. The second kappa shape index (κ2) is 11.4. The molecule has 4 N–H and O–H groups in total. The van der Waals surface area contributed by atoms with Gasteiger partial charge in [-0.3, -0.25) is 14.7 Å². The Bertz CT molecular complexity index is 651. The fourth-order valence-corrected chi connectivity index (χ4v) is 3.10. The van der Waals surface area contributed by atoms with E-state index in [-0.39, 0.29) is 41.8 Å². The van der Waals surface area contributed by atoms with Crippen molar-refractivity contribution in [3.05, 3.63) is 35.4 Å². The second-order valence-electron chi connectivity index (χ2n) is 6.68. The Morgan fingerprint density at radius 3 is 2.59 bits per heavy atom. The van der Waals surface area contributed by atoms with E-state index in [0.717, 1.165) is 32.0 Å². The van der Waals surface area contributed by atoms with E-state index in [2.05, 4.69) is 15.6 Å². The van der Waals surface area contributed by atoms with E-state index in [1.54, 1.807) is 7.05 Å². The van der Waals surface area contributed by atoms with Crippen molar-refractivity contribution in [3.63, 3.8) is 0 Å². The van der Waals surface area contributed by atoms with Gasteiger partial charge in [-0.25, -0.2) is 8.78 Å². The molecular weight excluding hydrogens is 467 g/mol. The normalized spacial score (nSPS) is 17.1. The van der Waals surface area contributed by atoms with E-state index in [4.69, 9.17) is 5.73 Å². The molecule has 2 rings (SSSR count).